The Balaban J connectivity index is 2.17. The first-order valence-electron chi connectivity index (χ1n) is 8.44. The van der Waals surface area contributed by atoms with Crippen molar-refractivity contribution in [3.63, 3.8) is 0 Å². The first kappa shape index (κ1) is 20.7. The van der Waals surface area contributed by atoms with Gasteiger partial charge in [-0.1, -0.05) is 11.6 Å². The highest BCUT2D eigenvalue weighted by Gasteiger charge is 2.26. The average molecular weight is 396 g/mol. The van der Waals surface area contributed by atoms with Crippen LogP contribution in [0.15, 0.2) is 18.2 Å². The van der Waals surface area contributed by atoms with E-state index in [4.69, 9.17) is 11.6 Å². The third-order valence-electron chi connectivity index (χ3n) is 4.41. The summed E-state index contributed by atoms with van der Waals surface area (Å²) in [5, 5.41) is 0.243. The monoisotopic (exact) mass is 395 g/mol. The van der Waals surface area contributed by atoms with E-state index in [9.17, 15) is 19.2 Å². The quantitative estimate of drug-likeness (QED) is 0.714. The van der Waals surface area contributed by atoms with Gasteiger partial charge in [0.05, 0.1) is 23.4 Å². The fraction of sp³-hybridized carbons (Fsp3) is 0.444. The van der Waals surface area contributed by atoms with Crippen molar-refractivity contribution in [1.82, 2.24) is 9.80 Å². The van der Waals surface area contributed by atoms with Gasteiger partial charge in [0.1, 0.15) is 6.54 Å². The van der Waals surface area contributed by atoms with Gasteiger partial charge in [-0.15, -0.1) is 0 Å². The van der Waals surface area contributed by atoms with Gasteiger partial charge in [0.25, 0.3) is 0 Å². The van der Waals surface area contributed by atoms with Crippen molar-refractivity contribution >= 4 is 41.0 Å². The minimum Gasteiger partial charge on any atom is -0.465 e. The Morgan fingerprint density at radius 1 is 1.07 bits per heavy atom. The molecule has 0 spiro atoms. The average Bonchev–Trinajstić information content (AvgIpc) is 2.65. The van der Waals surface area contributed by atoms with Crippen LogP contribution in [0.5, 0.6) is 0 Å². The van der Waals surface area contributed by atoms with Crippen LogP contribution in [0.4, 0.5) is 5.69 Å². The number of halogens is 1. The van der Waals surface area contributed by atoms with Crippen LogP contribution in [0.1, 0.15) is 24.2 Å². The Kier molecular flexibility index (Phi) is 6.79. The lowest BCUT2D eigenvalue weighted by atomic mass is 10.1. The Morgan fingerprint density at radius 2 is 1.67 bits per heavy atom. The van der Waals surface area contributed by atoms with Crippen LogP contribution in [0.25, 0.3) is 0 Å². The molecule has 0 bridgehead atoms. The second-order valence-corrected chi connectivity index (χ2v) is 6.56. The van der Waals surface area contributed by atoms with Crippen LogP contribution in [0.2, 0.25) is 5.02 Å². The summed E-state index contributed by atoms with van der Waals surface area (Å²) >= 11 is 6.19. The first-order chi connectivity index (χ1) is 12.7. The van der Waals surface area contributed by atoms with Gasteiger partial charge in [-0.05, 0) is 18.2 Å². The van der Waals surface area contributed by atoms with E-state index in [0.717, 1.165) is 0 Å². The maximum atomic E-state index is 12.6. The lowest BCUT2D eigenvalue weighted by Gasteiger charge is -2.35. The molecule has 0 unspecified atom stereocenters. The van der Waals surface area contributed by atoms with Gasteiger partial charge in [-0.2, -0.15) is 0 Å². The number of benzene rings is 1. The normalized spacial score (nSPS) is 13.9. The van der Waals surface area contributed by atoms with Crippen LogP contribution in [-0.2, 0) is 19.1 Å². The summed E-state index contributed by atoms with van der Waals surface area (Å²) in [5.74, 6) is -1.23. The summed E-state index contributed by atoms with van der Waals surface area (Å²) < 4.78 is 4.68. The second-order valence-electron chi connectivity index (χ2n) is 6.15. The summed E-state index contributed by atoms with van der Waals surface area (Å²) in [7, 11) is 1.25. The number of esters is 1. The molecule has 146 valence electrons. The molecule has 27 heavy (non-hydrogen) atoms. The van der Waals surface area contributed by atoms with Gasteiger partial charge in [0.2, 0.25) is 17.7 Å². The van der Waals surface area contributed by atoms with Crippen LogP contribution >= 0.6 is 11.6 Å². The molecule has 1 heterocycles. The number of anilines is 1. The Hall–Kier alpha value is -2.61. The predicted octanol–water partition coefficient (Wildman–Crippen LogP) is 1.17. The van der Waals surface area contributed by atoms with Crippen LogP contribution < -0.4 is 4.90 Å². The lowest BCUT2D eigenvalue weighted by Crippen LogP contribution is -2.52. The van der Waals surface area contributed by atoms with E-state index in [2.05, 4.69) is 4.74 Å². The molecule has 9 heteroatoms. The summed E-state index contributed by atoms with van der Waals surface area (Å²) in [5.41, 5.74) is 0.494. The number of rotatable bonds is 4. The molecule has 1 aliphatic rings. The van der Waals surface area contributed by atoms with Gasteiger partial charge in [0, 0.05) is 40.0 Å². The maximum Gasteiger partial charge on any atom is 0.337 e. The summed E-state index contributed by atoms with van der Waals surface area (Å²) in [6.45, 7) is 4.33. The number of piperazine rings is 1. The molecule has 3 amide bonds. The van der Waals surface area contributed by atoms with Crippen molar-refractivity contribution in [2.75, 3.05) is 44.7 Å². The summed E-state index contributed by atoms with van der Waals surface area (Å²) in [6.07, 6.45) is 0. The molecule has 2 rings (SSSR count). The maximum absolute atomic E-state index is 12.6. The second kappa shape index (κ2) is 8.85. The van der Waals surface area contributed by atoms with Crippen molar-refractivity contribution in [1.29, 1.82) is 0 Å². The highest BCUT2D eigenvalue weighted by molar-refractivity contribution is 6.34. The summed E-state index contributed by atoms with van der Waals surface area (Å²) in [6, 6.07) is 4.39. The highest BCUT2D eigenvalue weighted by Crippen LogP contribution is 2.28. The number of amides is 3. The van der Waals surface area contributed by atoms with Crippen LogP contribution in [-0.4, -0.2) is 73.3 Å². The van der Waals surface area contributed by atoms with Gasteiger partial charge >= 0.3 is 5.97 Å². The number of carbonyl (C=O) groups excluding carboxylic acids is 4. The molecule has 1 aromatic carbocycles. The third kappa shape index (κ3) is 4.97. The smallest absolute Gasteiger partial charge is 0.337 e. The molecule has 1 saturated heterocycles. The molecule has 0 N–H and O–H groups in total. The van der Waals surface area contributed by atoms with E-state index in [1.54, 1.807) is 9.80 Å². The molecule has 8 nitrogen and oxygen atoms in total. The first-order valence-corrected chi connectivity index (χ1v) is 8.81. The number of hydrogen-bond donors (Lipinski definition) is 0. The molecule has 0 saturated carbocycles. The van der Waals surface area contributed by atoms with Gasteiger partial charge < -0.3 is 19.4 Å². The zero-order chi connectivity index (χ0) is 20.1. The standard InChI is InChI=1S/C18H22ClN3O5/c1-12(23)20-6-8-21(9-7-20)17(25)11-22(13(2)24)16-10-14(18(26)27-3)4-5-15(16)19/h4-5,10H,6-9,11H2,1-3H3. The Morgan fingerprint density at radius 3 is 2.19 bits per heavy atom. The Labute approximate surface area is 162 Å². The largest absolute Gasteiger partial charge is 0.465 e. The zero-order valence-electron chi connectivity index (χ0n) is 15.5. The molecule has 0 aromatic heterocycles. The molecule has 0 aliphatic carbocycles. The van der Waals surface area contributed by atoms with E-state index in [1.807, 2.05) is 0 Å². The lowest BCUT2D eigenvalue weighted by molar-refractivity contribution is -0.137. The fourth-order valence-electron chi connectivity index (χ4n) is 2.84. The highest BCUT2D eigenvalue weighted by atomic mass is 35.5. The molecular formula is C18H22ClN3O5. The number of methoxy groups -OCH3 is 1. The predicted molar refractivity (Wildman–Crippen MR) is 99.7 cm³/mol. The van der Waals surface area contributed by atoms with E-state index in [-0.39, 0.29) is 40.5 Å². The van der Waals surface area contributed by atoms with E-state index >= 15 is 0 Å². The number of nitrogens with zero attached hydrogens (tertiary/aromatic N) is 3. The fourth-order valence-corrected chi connectivity index (χ4v) is 3.06. The van der Waals surface area contributed by atoms with Crippen LogP contribution in [0.3, 0.4) is 0 Å². The molecule has 0 radical (unpaired) electrons. The topological polar surface area (TPSA) is 87.2 Å². The van der Waals surface area contributed by atoms with Gasteiger partial charge in [-0.25, -0.2) is 4.79 Å². The number of hydrogen-bond acceptors (Lipinski definition) is 5. The van der Waals surface area contributed by atoms with Gasteiger partial charge in [0.15, 0.2) is 0 Å². The minimum atomic E-state index is -0.567. The molecule has 1 aromatic rings. The molecule has 0 atom stereocenters. The number of ether oxygens (including phenoxy) is 1. The van der Waals surface area contributed by atoms with Crippen molar-refractivity contribution in [2.24, 2.45) is 0 Å². The molecule has 1 fully saturated rings. The van der Waals surface area contributed by atoms with Crippen molar-refractivity contribution < 1.29 is 23.9 Å². The Bertz CT molecular complexity index is 759. The van der Waals surface area contributed by atoms with Crippen molar-refractivity contribution in [3.8, 4) is 0 Å². The molecule has 1 aliphatic heterocycles. The van der Waals surface area contributed by atoms with Crippen LogP contribution in [0, 0.1) is 0 Å². The minimum absolute atomic E-state index is 0.0288. The SMILES string of the molecule is COC(=O)c1ccc(Cl)c(N(CC(=O)N2CCN(C(C)=O)CC2)C(C)=O)c1. The zero-order valence-corrected chi connectivity index (χ0v) is 16.3. The summed E-state index contributed by atoms with van der Waals surface area (Å²) in [4.78, 5) is 52.4. The van der Waals surface area contributed by atoms with Gasteiger partial charge in [-0.3, -0.25) is 14.4 Å². The third-order valence-corrected chi connectivity index (χ3v) is 4.73. The number of carbonyl (C=O) groups is 4. The molecular weight excluding hydrogens is 374 g/mol. The van der Waals surface area contributed by atoms with Crippen molar-refractivity contribution in [3.05, 3.63) is 28.8 Å². The van der Waals surface area contributed by atoms with E-state index < -0.39 is 5.97 Å². The van der Waals surface area contributed by atoms with Crippen molar-refractivity contribution in [2.45, 2.75) is 13.8 Å². The van der Waals surface area contributed by atoms with E-state index in [0.29, 0.717) is 26.2 Å². The van der Waals surface area contributed by atoms with E-state index in [1.165, 1.54) is 44.1 Å².